The Bertz CT molecular complexity index is 1940. The summed E-state index contributed by atoms with van der Waals surface area (Å²) in [6.45, 7) is 0. The third kappa shape index (κ3) is 5.34. The maximum Gasteiger partial charge on any atom is 0.334 e. The van der Waals surface area contributed by atoms with E-state index in [2.05, 4.69) is 41.7 Å². The minimum absolute atomic E-state index is 0.0918. The number of aromatic nitrogens is 2. The first-order valence-corrected chi connectivity index (χ1v) is 15.9. The maximum absolute atomic E-state index is 13.7. The van der Waals surface area contributed by atoms with Crippen LogP contribution in [0.4, 0.5) is 0 Å². The van der Waals surface area contributed by atoms with Crippen LogP contribution in [0.3, 0.4) is 0 Å². The Kier molecular flexibility index (Phi) is 8.07. The summed E-state index contributed by atoms with van der Waals surface area (Å²) in [7, 11) is 1.42. The Balaban J connectivity index is 1.29. The van der Waals surface area contributed by atoms with Gasteiger partial charge in [0.1, 0.15) is 6.04 Å². The van der Waals surface area contributed by atoms with Gasteiger partial charge in [0.2, 0.25) is 0 Å². The number of methoxy groups -OCH3 is 1. The Hall–Kier alpha value is -4.91. The molecule has 1 aromatic heterocycles. The van der Waals surface area contributed by atoms with Crippen LogP contribution < -0.4 is 11.0 Å². The lowest BCUT2D eigenvalue weighted by Crippen LogP contribution is -2.53. The number of esters is 1. The third-order valence-corrected chi connectivity index (χ3v) is 9.19. The Morgan fingerprint density at radius 2 is 1.35 bits per heavy atom. The zero-order valence-corrected chi connectivity index (χ0v) is 26.2. The first-order valence-electron chi connectivity index (χ1n) is 15.5. The SMILES string of the molecule is COC(=O)C(Cc1ccc(-n2c(=O)n(C3CC3)c3cccc(Cl)c32)cc1)NC(c1ccccc1)(c1ccccc1)c1ccccc1. The van der Waals surface area contributed by atoms with Crippen LogP contribution in [0, 0.1) is 0 Å². The zero-order valence-electron chi connectivity index (χ0n) is 25.5. The Morgan fingerprint density at radius 3 is 1.85 bits per heavy atom. The fraction of sp³-hybridized carbons (Fsp3) is 0.179. The summed E-state index contributed by atoms with van der Waals surface area (Å²) in [5.74, 6) is -0.369. The fourth-order valence-corrected chi connectivity index (χ4v) is 6.83. The summed E-state index contributed by atoms with van der Waals surface area (Å²) in [6.07, 6.45) is 2.34. The monoisotopic (exact) mass is 627 g/mol. The van der Waals surface area contributed by atoms with E-state index in [4.69, 9.17) is 16.3 Å². The molecule has 5 aromatic carbocycles. The van der Waals surface area contributed by atoms with Crippen LogP contribution in [0.1, 0.15) is 41.1 Å². The van der Waals surface area contributed by atoms with Gasteiger partial charge in [-0.1, -0.05) is 121 Å². The summed E-state index contributed by atoms with van der Waals surface area (Å²) >= 11 is 6.65. The molecule has 1 heterocycles. The number of para-hydroxylation sites is 1. The molecule has 1 fully saturated rings. The van der Waals surface area contributed by atoms with Gasteiger partial charge < -0.3 is 4.74 Å². The van der Waals surface area contributed by atoms with Crippen molar-refractivity contribution in [1.82, 2.24) is 14.5 Å². The van der Waals surface area contributed by atoms with Gasteiger partial charge in [-0.3, -0.25) is 19.2 Å². The Labute approximate surface area is 272 Å². The van der Waals surface area contributed by atoms with Gasteiger partial charge >= 0.3 is 11.7 Å². The summed E-state index contributed by atoms with van der Waals surface area (Å²) in [5.41, 5.74) is 5.25. The van der Waals surface area contributed by atoms with Gasteiger partial charge in [-0.05, 0) is 65.8 Å². The van der Waals surface area contributed by atoms with E-state index in [0.717, 1.165) is 46.3 Å². The van der Waals surface area contributed by atoms with Crippen molar-refractivity contribution in [2.75, 3.05) is 7.11 Å². The van der Waals surface area contributed by atoms with E-state index in [1.165, 1.54) is 7.11 Å². The fourth-order valence-electron chi connectivity index (χ4n) is 6.58. The van der Waals surface area contributed by atoms with E-state index in [0.29, 0.717) is 17.0 Å². The number of fused-ring (bicyclic) bond motifs is 1. The van der Waals surface area contributed by atoms with Gasteiger partial charge in [-0.15, -0.1) is 0 Å². The van der Waals surface area contributed by atoms with Gasteiger partial charge in [-0.2, -0.15) is 0 Å². The number of rotatable bonds is 10. The molecule has 230 valence electrons. The smallest absolute Gasteiger partial charge is 0.334 e. The molecule has 0 saturated heterocycles. The summed E-state index contributed by atoms with van der Waals surface area (Å²) in [6, 6.07) is 43.5. The van der Waals surface area contributed by atoms with Crippen molar-refractivity contribution in [2.45, 2.75) is 36.9 Å². The summed E-state index contributed by atoms with van der Waals surface area (Å²) in [4.78, 5) is 27.2. The first kappa shape index (κ1) is 29.8. The van der Waals surface area contributed by atoms with E-state index in [1.807, 2.05) is 102 Å². The van der Waals surface area contributed by atoms with Gasteiger partial charge in [-0.25, -0.2) is 4.79 Å². The number of hydrogen-bond acceptors (Lipinski definition) is 4. The highest BCUT2D eigenvalue weighted by molar-refractivity contribution is 6.35. The summed E-state index contributed by atoms with van der Waals surface area (Å²) < 4.78 is 8.93. The van der Waals surface area contributed by atoms with E-state index >= 15 is 0 Å². The van der Waals surface area contributed by atoms with E-state index in [9.17, 15) is 9.59 Å². The van der Waals surface area contributed by atoms with E-state index < -0.39 is 11.6 Å². The Morgan fingerprint density at radius 1 is 0.804 bits per heavy atom. The van der Waals surface area contributed by atoms with Crippen molar-refractivity contribution in [1.29, 1.82) is 0 Å². The van der Waals surface area contributed by atoms with Crippen molar-refractivity contribution >= 4 is 28.6 Å². The topological polar surface area (TPSA) is 65.3 Å². The second-order valence-corrected chi connectivity index (χ2v) is 12.2. The van der Waals surface area contributed by atoms with Crippen LogP contribution in [-0.4, -0.2) is 28.3 Å². The van der Waals surface area contributed by atoms with Crippen molar-refractivity contribution in [3.8, 4) is 5.69 Å². The molecule has 1 saturated carbocycles. The molecule has 0 aliphatic heterocycles. The predicted octanol–water partition coefficient (Wildman–Crippen LogP) is 7.45. The molecule has 1 aliphatic carbocycles. The molecule has 1 aliphatic rings. The molecule has 7 rings (SSSR count). The van der Waals surface area contributed by atoms with E-state index in [1.54, 1.807) is 4.57 Å². The molecule has 6 nitrogen and oxygen atoms in total. The molecular weight excluding hydrogens is 594 g/mol. The molecule has 1 N–H and O–H groups in total. The van der Waals surface area contributed by atoms with Gasteiger partial charge in [0.15, 0.2) is 0 Å². The molecule has 7 heteroatoms. The van der Waals surface area contributed by atoms with Crippen LogP contribution in [0.5, 0.6) is 0 Å². The van der Waals surface area contributed by atoms with Crippen molar-refractivity contribution in [3.05, 3.63) is 171 Å². The quantitative estimate of drug-likeness (QED) is 0.127. The molecule has 0 bridgehead atoms. The number of carbonyl (C=O) groups excluding carboxylic acids is 1. The standard InChI is InChI=1S/C39H34ClN3O3/c1-46-37(44)34(41-39(28-12-5-2-6-13-28,29-14-7-3-8-15-29)30-16-9-4-10-17-30)26-27-20-22-32(23-21-27)43-36-33(40)18-11-19-35(36)42(38(43)45)31-24-25-31/h2-23,31,34,41H,24-26H2,1H3. The molecule has 0 amide bonds. The zero-order chi connectivity index (χ0) is 31.7. The van der Waals surface area contributed by atoms with Gasteiger partial charge in [0.05, 0.1) is 34.4 Å². The number of benzene rings is 5. The largest absolute Gasteiger partial charge is 0.468 e. The molecule has 1 unspecified atom stereocenters. The first-order chi connectivity index (χ1) is 22.5. The average molecular weight is 628 g/mol. The van der Waals surface area contributed by atoms with E-state index in [-0.39, 0.29) is 17.7 Å². The lowest BCUT2D eigenvalue weighted by Gasteiger charge is -2.39. The van der Waals surface area contributed by atoms with Crippen molar-refractivity contribution < 1.29 is 9.53 Å². The molecule has 0 radical (unpaired) electrons. The second-order valence-electron chi connectivity index (χ2n) is 11.8. The van der Waals surface area contributed by atoms with Crippen molar-refractivity contribution in [3.63, 3.8) is 0 Å². The second kappa shape index (κ2) is 12.5. The highest BCUT2D eigenvalue weighted by Gasteiger charge is 2.40. The lowest BCUT2D eigenvalue weighted by atomic mass is 9.76. The lowest BCUT2D eigenvalue weighted by molar-refractivity contribution is -0.143. The number of ether oxygens (including phenoxy) is 1. The highest BCUT2D eigenvalue weighted by Crippen LogP contribution is 2.39. The van der Waals surface area contributed by atoms with Gasteiger partial charge in [0.25, 0.3) is 0 Å². The van der Waals surface area contributed by atoms with Crippen LogP contribution in [0.15, 0.2) is 138 Å². The number of nitrogens with zero attached hydrogens (tertiary/aromatic N) is 2. The normalized spacial score (nSPS) is 13.9. The average Bonchev–Trinajstić information content (AvgIpc) is 3.90. The third-order valence-electron chi connectivity index (χ3n) is 8.89. The minimum Gasteiger partial charge on any atom is -0.468 e. The van der Waals surface area contributed by atoms with Crippen molar-refractivity contribution in [2.24, 2.45) is 0 Å². The number of imidazole rings is 1. The van der Waals surface area contributed by atoms with Gasteiger partial charge in [0, 0.05) is 6.04 Å². The van der Waals surface area contributed by atoms with Crippen LogP contribution in [0.2, 0.25) is 5.02 Å². The maximum atomic E-state index is 13.7. The summed E-state index contributed by atoms with van der Waals surface area (Å²) in [5, 5.41) is 4.31. The molecule has 1 atom stereocenters. The van der Waals surface area contributed by atoms with Crippen LogP contribution in [-0.2, 0) is 21.5 Å². The predicted molar refractivity (Wildman–Crippen MR) is 183 cm³/mol. The van der Waals surface area contributed by atoms with Crippen LogP contribution >= 0.6 is 11.6 Å². The number of nitrogens with one attached hydrogen (secondary N) is 1. The number of hydrogen-bond donors (Lipinski definition) is 1. The number of carbonyl (C=O) groups is 1. The molecular formula is C39H34ClN3O3. The van der Waals surface area contributed by atoms with Crippen LogP contribution in [0.25, 0.3) is 16.7 Å². The highest BCUT2D eigenvalue weighted by atomic mass is 35.5. The minimum atomic E-state index is -0.850. The molecule has 46 heavy (non-hydrogen) atoms. The molecule has 0 spiro atoms. The number of halogens is 1. The molecule has 6 aromatic rings.